The number of hydrogen-bond donors (Lipinski definition) is 1. The van der Waals surface area contributed by atoms with Gasteiger partial charge in [0.05, 0.1) is 0 Å². The second kappa shape index (κ2) is 4.45. The van der Waals surface area contributed by atoms with Gasteiger partial charge in [0.1, 0.15) is 0 Å². The van der Waals surface area contributed by atoms with E-state index >= 15 is 0 Å². The molecule has 0 aromatic carbocycles. The molecule has 0 radical (unpaired) electrons. The quantitative estimate of drug-likeness (QED) is 0.703. The van der Waals surface area contributed by atoms with Crippen molar-refractivity contribution >= 4 is 0 Å². The summed E-state index contributed by atoms with van der Waals surface area (Å²) in [5.41, 5.74) is 0. The van der Waals surface area contributed by atoms with Crippen LogP contribution < -0.4 is 5.32 Å². The van der Waals surface area contributed by atoms with E-state index in [0.29, 0.717) is 0 Å². The molecule has 0 aromatic rings. The summed E-state index contributed by atoms with van der Waals surface area (Å²) in [6.07, 6.45) is 9.11. The molecule has 76 valence electrons. The van der Waals surface area contributed by atoms with Crippen LogP contribution in [0.15, 0.2) is 0 Å². The SMILES string of the molecule is CCNCC1CC1C1CCCCC1. The molecule has 2 unspecified atom stereocenters. The normalized spacial score (nSPS) is 34.8. The third-order valence-corrected chi connectivity index (χ3v) is 3.89. The van der Waals surface area contributed by atoms with Gasteiger partial charge < -0.3 is 5.32 Å². The van der Waals surface area contributed by atoms with Crippen LogP contribution in [0.3, 0.4) is 0 Å². The highest BCUT2D eigenvalue weighted by Crippen LogP contribution is 2.48. The van der Waals surface area contributed by atoms with Crippen LogP contribution in [0.5, 0.6) is 0 Å². The molecule has 0 aromatic heterocycles. The summed E-state index contributed by atoms with van der Waals surface area (Å²) >= 11 is 0. The fourth-order valence-corrected chi connectivity index (χ4v) is 2.98. The molecule has 0 spiro atoms. The number of nitrogens with one attached hydrogen (secondary N) is 1. The molecule has 2 saturated carbocycles. The molecule has 2 fully saturated rings. The largest absolute Gasteiger partial charge is 0.317 e. The van der Waals surface area contributed by atoms with Crippen LogP contribution in [-0.2, 0) is 0 Å². The fraction of sp³-hybridized carbons (Fsp3) is 1.00. The monoisotopic (exact) mass is 181 g/mol. The lowest BCUT2D eigenvalue weighted by atomic mass is 9.85. The van der Waals surface area contributed by atoms with Crippen LogP contribution in [0.2, 0.25) is 0 Å². The van der Waals surface area contributed by atoms with Gasteiger partial charge in [-0.1, -0.05) is 39.0 Å². The molecule has 0 heterocycles. The molecule has 1 heteroatoms. The molecular formula is C12H23N. The maximum atomic E-state index is 3.48. The van der Waals surface area contributed by atoms with Crippen molar-refractivity contribution in [2.75, 3.05) is 13.1 Å². The predicted octanol–water partition coefficient (Wildman–Crippen LogP) is 2.81. The van der Waals surface area contributed by atoms with Gasteiger partial charge >= 0.3 is 0 Å². The Bertz CT molecular complexity index is 149. The Balaban J connectivity index is 1.66. The van der Waals surface area contributed by atoms with Crippen LogP contribution in [0.25, 0.3) is 0 Å². The smallest absolute Gasteiger partial charge is 0.00178 e. The first-order valence-electron chi connectivity index (χ1n) is 6.12. The van der Waals surface area contributed by atoms with E-state index in [1.54, 1.807) is 0 Å². The third-order valence-electron chi connectivity index (χ3n) is 3.89. The fourth-order valence-electron chi connectivity index (χ4n) is 2.98. The van der Waals surface area contributed by atoms with Crippen molar-refractivity contribution < 1.29 is 0 Å². The highest BCUT2D eigenvalue weighted by molar-refractivity contribution is 4.93. The summed E-state index contributed by atoms with van der Waals surface area (Å²) in [5.74, 6) is 3.26. The topological polar surface area (TPSA) is 12.0 Å². The van der Waals surface area contributed by atoms with E-state index in [1.807, 2.05) is 0 Å². The zero-order valence-electron chi connectivity index (χ0n) is 8.89. The van der Waals surface area contributed by atoms with E-state index in [4.69, 9.17) is 0 Å². The van der Waals surface area contributed by atoms with E-state index in [1.165, 1.54) is 45.1 Å². The standard InChI is InChI=1S/C12H23N/c1-2-13-9-11-8-12(11)10-6-4-3-5-7-10/h10-13H,2-9H2,1H3. The molecular weight excluding hydrogens is 158 g/mol. The second-order valence-corrected chi connectivity index (χ2v) is 4.87. The zero-order valence-corrected chi connectivity index (χ0v) is 8.89. The first-order chi connectivity index (χ1) is 6.42. The van der Waals surface area contributed by atoms with Crippen molar-refractivity contribution in [2.24, 2.45) is 17.8 Å². The molecule has 2 aliphatic carbocycles. The van der Waals surface area contributed by atoms with Gasteiger partial charge in [-0.3, -0.25) is 0 Å². The van der Waals surface area contributed by atoms with Crippen molar-refractivity contribution in [2.45, 2.75) is 45.4 Å². The lowest BCUT2D eigenvalue weighted by molar-refractivity contribution is 0.308. The van der Waals surface area contributed by atoms with Crippen molar-refractivity contribution in [1.82, 2.24) is 5.32 Å². The van der Waals surface area contributed by atoms with Gasteiger partial charge in [0, 0.05) is 0 Å². The summed E-state index contributed by atoms with van der Waals surface area (Å²) < 4.78 is 0. The Morgan fingerprint density at radius 2 is 1.92 bits per heavy atom. The van der Waals surface area contributed by atoms with Crippen molar-refractivity contribution in [1.29, 1.82) is 0 Å². The molecule has 0 saturated heterocycles. The maximum absolute atomic E-state index is 3.48. The lowest BCUT2D eigenvalue weighted by Gasteiger charge is -2.21. The first kappa shape index (κ1) is 9.51. The Morgan fingerprint density at radius 1 is 1.15 bits per heavy atom. The first-order valence-corrected chi connectivity index (χ1v) is 6.12. The van der Waals surface area contributed by atoms with E-state index in [9.17, 15) is 0 Å². The van der Waals surface area contributed by atoms with Crippen LogP contribution >= 0.6 is 0 Å². The Morgan fingerprint density at radius 3 is 2.62 bits per heavy atom. The van der Waals surface area contributed by atoms with Crippen molar-refractivity contribution in [3.8, 4) is 0 Å². The summed E-state index contributed by atoms with van der Waals surface area (Å²) in [6, 6.07) is 0. The maximum Gasteiger partial charge on any atom is -0.00178 e. The van der Waals surface area contributed by atoms with Crippen LogP contribution in [0, 0.1) is 17.8 Å². The molecule has 2 rings (SSSR count). The predicted molar refractivity (Wildman–Crippen MR) is 56.7 cm³/mol. The Labute approximate surface area is 82.3 Å². The van der Waals surface area contributed by atoms with Gasteiger partial charge in [0.15, 0.2) is 0 Å². The number of rotatable bonds is 4. The summed E-state index contributed by atoms with van der Waals surface area (Å²) in [5, 5.41) is 3.48. The summed E-state index contributed by atoms with van der Waals surface area (Å²) in [7, 11) is 0. The molecule has 1 nitrogen and oxygen atoms in total. The highest BCUT2D eigenvalue weighted by atomic mass is 14.9. The van der Waals surface area contributed by atoms with Gasteiger partial charge in [-0.25, -0.2) is 0 Å². The van der Waals surface area contributed by atoms with Gasteiger partial charge in [-0.2, -0.15) is 0 Å². The third kappa shape index (κ3) is 2.46. The van der Waals surface area contributed by atoms with Gasteiger partial charge in [0.25, 0.3) is 0 Å². The average Bonchev–Trinajstić information content (AvgIpc) is 2.95. The Kier molecular flexibility index (Phi) is 3.26. The Hall–Kier alpha value is -0.0400. The zero-order chi connectivity index (χ0) is 9.10. The van der Waals surface area contributed by atoms with Crippen LogP contribution in [-0.4, -0.2) is 13.1 Å². The van der Waals surface area contributed by atoms with E-state index < -0.39 is 0 Å². The van der Waals surface area contributed by atoms with E-state index in [2.05, 4.69) is 12.2 Å². The molecule has 2 aliphatic rings. The lowest BCUT2D eigenvalue weighted by Crippen LogP contribution is -2.18. The minimum absolute atomic E-state index is 1.04. The molecule has 1 N–H and O–H groups in total. The van der Waals surface area contributed by atoms with E-state index in [-0.39, 0.29) is 0 Å². The van der Waals surface area contributed by atoms with Crippen LogP contribution in [0.1, 0.15) is 45.4 Å². The molecule has 2 atom stereocenters. The van der Waals surface area contributed by atoms with Gasteiger partial charge in [-0.05, 0) is 37.3 Å². The molecule has 13 heavy (non-hydrogen) atoms. The number of hydrogen-bond acceptors (Lipinski definition) is 1. The van der Waals surface area contributed by atoms with Gasteiger partial charge in [0.2, 0.25) is 0 Å². The van der Waals surface area contributed by atoms with Crippen LogP contribution in [0.4, 0.5) is 0 Å². The summed E-state index contributed by atoms with van der Waals surface area (Å²) in [6.45, 7) is 4.64. The van der Waals surface area contributed by atoms with Crippen molar-refractivity contribution in [3.63, 3.8) is 0 Å². The molecule has 0 bridgehead atoms. The summed E-state index contributed by atoms with van der Waals surface area (Å²) in [4.78, 5) is 0. The minimum atomic E-state index is 1.04. The van der Waals surface area contributed by atoms with Crippen molar-refractivity contribution in [3.05, 3.63) is 0 Å². The molecule has 0 aliphatic heterocycles. The molecule has 0 amide bonds. The highest BCUT2D eigenvalue weighted by Gasteiger charge is 2.41. The van der Waals surface area contributed by atoms with E-state index in [0.717, 1.165) is 24.3 Å². The average molecular weight is 181 g/mol. The minimum Gasteiger partial charge on any atom is -0.317 e. The second-order valence-electron chi connectivity index (χ2n) is 4.87. The van der Waals surface area contributed by atoms with Gasteiger partial charge in [-0.15, -0.1) is 0 Å².